The Morgan fingerprint density at radius 3 is 2.63 bits per heavy atom. The van der Waals surface area contributed by atoms with Gasteiger partial charge in [-0.25, -0.2) is 14.2 Å². The molecule has 0 bridgehead atoms. The number of rotatable bonds is 4. The number of aromatic nitrogens is 4. The van der Waals surface area contributed by atoms with Crippen LogP contribution in [0.3, 0.4) is 0 Å². The molecule has 38 heavy (non-hydrogen) atoms. The SMILES string of the molecule is CC1CC(C)(C)N=C(/C=C2/CCCCC2n2nc(-c3c(-c4ccccc4)nn4ccccc34)ccc2=O)O1. The quantitative estimate of drug-likeness (QED) is 0.327. The first-order valence-corrected chi connectivity index (χ1v) is 13.5. The summed E-state index contributed by atoms with van der Waals surface area (Å²) in [5.41, 5.74) is 5.32. The van der Waals surface area contributed by atoms with Crippen molar-refractivity contribution < 1.29 is 4.74 Å². The molecule has 0 spiro atoms. The number of fused-ring (bicyclic) bond motifs is 1. The van der Waals surface area contributed by atoms with Gasteiger partial charge in [0.05, 0.1) is 34.5 Å². The predicted octanol–water partition coefficient (Wildman–Crippen LogP) is 6.25. The highest BCUT2D eigenvalue weighted by Gasteiger charge is 2.30. The van der Waals surface area contributed by atoms with Crippen molar-refractivity contribution in [2.24, 2.45) is 4.99 Å². The van der Waals surface area contributed by atoms with Crippen LogP contribution in [0.25, 0.3) is 28.0 Å². The number of pyridine rings is 1. The number of allylic oxidation sites excluding steroid dienone is 1. The van der Waals surface area contributed by atoms with Crippen molar-refractivity contribution in [2.45, 2.75) is 70.6 Å². The molecule has 4 aromatic rings. The van der Waals surface area contributed by atoms with Crippen LogP contribution >= 0.6 is 0 Å². The molecule has 7 nitrogen and oxygen atoms in total. The molecule has 0 N–H and O–H groups in total. The van der Waals surface area contributed by atoms with E-state index in [0.29, 0.717) is 5.90 Å². The highest BCUT2D eigenvalue weighted by Crippen LogP contribution is 2.36. The number of ether oxygens (including phenoxy) is 1. The molecule has 0 amide bonds. The van der Waals surface area contributed by atoms with E-state index >= 15 is 0 Å². The minimum Gasteiger partial charge on any atom is -0.475 e. The normalized spacial score (nSPS) is 22.3. The first-order chi connectivity index (χ1) is 18.4. The molecule has 194 valence electrons. The van der Waals surface area contributed by atoms with Gasteiger partial charge in [-0.3, -0.25) is 4.79 Å². The summed E-state index contributed by atoms with van der Waals surface area (Å²) in [7, 11) is 0. The van der Waals surface area contributed by atoms with Crippen molar-refractivity contribution in [3.05, 3.63) is 88.9 Å². The smallest absolute Gasteiger partial charge is 0.267 e. The number of benzene rings is 1. The summed E-state index contributed by atoms with van der Waals surface area (Å²) in [6.07, 6.45) is 8.86. The van der Waals surface area contributed by atoms with E-state index in [1.54, 1.807) is 10.7 Å². The second-order valence-corrected chi connectivity index (χ2v) is 11.0. The molecular weight excluding hydrogens is 474 g/mol. The van der Waals surface area contributed by atoms with Crippen LogP contribution in [0.4, 0.5) is 0 Å². The third kappa shape index (κ3) is 4.69. The summed E-state index contributed by atoms with van der Waals surface area (Å²) in [5.74, 6) is 0.661. The number of hydrogen-bond acceptors (Lipinski definition) is 5. The lowest BCUT2D eigenvalue weighted by molar-refractivity contribution is 0.147. The van der Waals surface area contributed by atoms with Gasteiger partial charge in [0.1, 0.15) is 5.69 Å². The minimum absolute atomic E-state index is 0.104. The van der Waals surface area contributed by atoms with E-state index in [9.17, 15) is 4.79 Å². The van der Waals surface area contributed by atoms with Crippen molar-refractivity contribution >= 4 is 11.4 Å². The lowest BCUT2D eigenvalue weighted by atomic mass is 9.89. The molecule has 3 aromatic heterocycles. The van der Waals surface area contributed by atoms with E-state index in [0.717, 1.165) is 65.7 Å². The Morgan fingerprint density at radius 2 is 1.82 bits per heavy atom. The van der Waals surface area contributed by atoms with Gasteiger partial charge in [0.15, 0.2) is 0 Å². The number of nitrogens with zero attached hydrogens (tertiary/aromatic N) is 5. The summed E-state index contributed by atoms with van der Waals surface area (Å²) in [4.78, 5) is 18.1. The number of aliphatic imine (C=N–C) groups is 1. The zero-order valence-electron chi connectivity index (χ0n) is 22.2. The molecule has 0 radical (unpaired) electrons. The van der Waals surface area contributed by atoms with E-state index in [2.05, 4.69) is 39.0 Å². The molecule has 1 fully saturated rings. The predicted molar refractivity (Wildman–Crippen MR) is 150 cm³/mol. The maximum absolute atomic E-state index is 13.2. The molecule has 2 atom stereocenters. The van der Waals surface area contributed by atoms with Gasteiger partial charge in [0.2, 0.25) is 5.90 Å². The largest absolute Gasteiger partial charge is 0.475 e. The molecule has 1 aliphatic carbocycles. The fourth-order valence-corrected chi connectivity index (χ4v) is 5.84. The maximum atomic E-state index is 13.2. The average molecular weight is 508 g/mol. The maximum Gasteiger partial charge on any atom is 0.267 e. The zero-order valence-corrected chi connectivity index (χ0v) is 22.2. The van der Waals surface area contributed by atoms with Crippen molar-refractivity contribution in [3.63, 3.8) is 0 Å². The van der Waals surface area contributed by atoms with Crippen LogP contribution < -0.4 is 5.56 Å². The number of hydrogen-bond donors (Lipinski definition) is 0. The highest BCUT2D eigenvalue weighted by atomic mass is 16.5. The summed E-state index contributed by atoms with van der Waals surface area (Å²) < 4.78 is 9.63. The van der Waals surface area contributed by atoms with Gasteiger partial charge in [0.25, 0.3) is 5.56 Å². The van der Waals surface area contributed by atoms with Gasteiger partial charge in [-0.1, -0.05) is 42.8 Å². The van der Waals surface area contributed by atoms with Crippen LogP contribution in [-0.2, 0) is 4.74 Å². The Balaban J connectivity index is 1.47. The Morgan fingerprint density at radius 1 is 1.00 bits per heavy atom. The van der Waals surface area contributed by atoms with Gasteiger partial charge in [0, 0.05) is 30.3 Å². The molecule has 4 heterocycles. The monoisotopic (exact) mass is 507 g/mol. The van der Waals surface area contributed by atoms with Crippen LogP contribution in [0.5, 0.6) is 0 Å². The summed E-state index contributed by atoms with van der Waals surface area (Å²) in [5, 5.41) is 9.87. The van der Waals surface area contributed by atoms with Gasteiger partial charge in [-0.2, -0.15) is 10.2 Å². The zero-order chi connectivity index (χ0) is 26.3. The topological polar surface area (TPSA) is 73.8 Å². The third-order valence-corrected chi connectivity index (χ3v) is 7.42. The van der Waals surface area contributed by atoms with Crippen LogP contribution in [-0.4, -0.2) is 36.9 Å². The van der Waals surface area contributed by atoms with Crippen LogP contribution in [0.15, 0.2) is 88.3 Å². The van der Waals surface area contributed by atoms with E-state index in [4.69, 9.17) is 19.9 Å². The summed E-state index contributed by atoms with van der Waals surface area (Å²) >= 11 is 0. The molecule has 6 rings (SSSR count). The molecule has 0 saturated heterocycles. The van der Waals surface area contributed by atoms with Crippen molar-refractivity contribution in [3.8, 4) is 22.5 Å². The fourth-order valence-electron chi connectivity index (χ4n) is 5.84. The highest BCUT2D eigenvalue weighted by molar-refractivity contribution is 5.91. The minimum atomic E-state index is -0.166. The molecule has 1 aromatic carbocycles. The molecular formula is C31H33N5O2. The first-order valence-electron chi connectivity index (χ1n) is 13.5. The summed E-state index contributed by atoms with van der Waals surface area (Å²) in [6.45, 7) is 6.36. The van der Waals surface area contributed by atoms with E-state index in [1.807, 2.05) is 53.2 Å². The fraction of sp³-hybridized carbons (Fsp3) is 0.355. The first kappa shape index (κ1) is 24.3. The van der Waals surface area contributed by atoms with E-state index < -0.39 is 0 Å². The average Bonchev–Trinajstić information content (AvgIpc) is 3.29. The molecule has 1 aliphatic heterocycles. The van der Waals surface area contributed by atoms with Crippen molar-refractivity contribution in [1.29, 1.82) is 0 Å². The standard InChI is InChI=1S/C31H33N5O2/c1-21-20-31(2,3)32-27(38-21)19-23-13-7-8-14-25(23)36-28(37)17-16-24(33-36)29-26-15-9-10-18-35(26)34-30(29)22-11-5-4-6-12-22/h4-6,9-12,15-19,21,25H,7-8,13-14,20H2,1-3H3/b23-19-. The van der Waals surface area contributed by atoms with Gasteiger partial charge < -0.3 is 4.74 Å². The van der Waals surface area contributed by atoms with Gasteiger partial charge in [-0.15, -0.1) is 0 Å². The molecule has 1 saturated carbocycles. The Hall–Kier alpha value is -4.00. The van der Waals surface area contributed by atoms with E-state index in [1.165, 1.54) is 0 Å². The van der Waals surface area contributed by atoms with Crippen LogP contribution in [0.2, 0.25) is 0 Å². The van der Waals surface area contributed by atoms with Crippen LogP contribution in [0.1, 0.15) is 58.9 Å². The Bertz CT molecular complexity index is 1600. The lowest BCUT2D eigenvalue weighted by Crippen LogP contribution is -2.34. The molecule has 2 aliphatic rings. The second-order valence-electron chi connectivity index (χ2n) is 11.0. The Kier molecular flexibility index (Phi) is 6.22. The van der Waals surface area contributed by atoms with Crippen molar-refractivity contribution in [1.82, 2.24) is 19.4 Å². The lowest BCUT2D eigenvalue weighted by Gasteiger charge is -2.32. The van der Waals surface area contributed by atoms with Gasteiger partial charge >= 0.3 is 0 Å². The Labute approximate surface area is 222 Å². The summed E-state index contributed by atoms with van der Waals surface area (Å²) in [6, 6.07) is 19.4. The van der Waals surface area contributed by atoms with Gasteiger partial charge in [-0.05, 0) is 63.8 Å². The molecule has 2 unspecified atom stereocenters. The second kappa shape index (κ2) is 9.71. The molecule has 7 heteroatoms. The van der Waals surface area contributed by atoms with E-state index in [-0.39, 0.29) is 23.2 Å². The van der Waals surface area contributed by atoms with Crippen LogP contribution in [0, 0.1) is 0 Å². The van der Waals surface area contributed by atoms with Crippen molar-refractivity contribution in [2.75, 3.05) is 0 Å². The third-order valence-electron chi connectivity index (χ3n) is 7.42.